The number of nitrogens with zero attached hydrogens (tertiary/aromatic N) is 2. The molecule has 1 heterocycles. The number of rotatable bonds is 5. The summed E-state index contributed by atoms with van der Waals surface area (Å²) in [7, 11) is 0. The van der Waals surface area contributed by atoms with Crippen molar-refractivity contribution in [1.82, 2.24) is 0 Å². The second kappa shape index (κ2) is 8.61. The first-order valence-corrected chi connectivity index (χ1v) is 8.86. The first-order valence-electron chi connectivity index (χ1n) is 8.11. The fourth-order valence-corrected chi connectivity index (χ4v) is 2.86. The van der Waals surface area contributed by atoms with Crippen LogP contribution in [0.3, 0.4) is 0 Å². The van der Waals surface area contributed by atoms with Crippen molar-refractivity contribution < 1.29 is 14.1 Å². The van der Waals surface area contributed by atoms with Crippen LogP contribution >= 0.6 is 23.2 Å². The summed E-state index contributed by atoms with van der Waals surface area (Å²) in [5.74, 6) is -0.175. The molecular weight excluding hydrogens is 417 g/mol. The number of halogens is 2. The Bertz CT molecular complexity index is 1180. The van der Waals surface area contributed by atoms with E-state index in [1.165, 1.54) is 30.3 Å². The quantitative estimate of drug-likeness (QED) is 0.242. The minimum atomic E-state index is -0.805. The minimum absolute atomic E-state index is 0.0190. The number of anilines is 1. The molecule has 0 aliphatic rings. The number of carbonyl (C=O) groups excluding carboxylic acids is 1. The Hall–Kier alpha value is -3.60. The third kappa shape index (κ3) is 4.63. The summed E-state index contributed by atoms with van der Waals surface area (Å²) in [5, 5.41) is 23.7. The molecule has 9 heteroatoms. The largest absolute Gasteiger partial charge is 0.457 e. The van der Waals surface area contributed by atoms with Gasteiger partial charge in [-0.05, 0) is 36.4 Å². The Kier molecular flexibility index (Phi) is 5.98. The monoisotopic (exact) mass is 427 g/mol. The topological polar surface area (TPSA) is 109 Å². The third-order valence-corrected chi connectivity index (χ3v) is 4.39. The van der Waals surface area contributed by atoms with Gasteiger partial charge in [0.1, 0.15) is 28.9 Å². The molecule has 1 aromatic heterocycles. The van der Waals surface area contributed by atoms with Crippen molar-refractivity contribution in [2.75, 3.05) is 5.32 Å². The van der Waals surface area contributed by atoms with Gasteiger partial charge in [0.15, 0.2) is 0 Å². The van der Waals surface area contributed by atoms with Crippen LogP contribution in [0.1, 0.15) is 5.76 Å². The van der Waals surface area contributed by atoms with E-state index in [4.69, 9.17) is 27.6 Å². The van der Waals surface area contributed by atoms with E-state index in [2.05, 4.69) is 5.32 Å². The van der Waals surface area contributed by atoms with Crippen molar-refractivity contribution >= 4 is 46.6 Å². The number of hydrogen-bond acceptors (Lipinski definition) is 5. The number of carbonyl (C=O) groups is 1. The van der Waals surface area contributed by atoms with Crippen LogP contribution in [-0.2, 0) is 4.79 Å². The fraction of sp³-hybridized carbons (Fsp3) is 0. The number of nitriles is 1. The maximum Gasteiger partial charge on any atom is 0.292 e. The van der Waals surface area contributed by atoms with Gasteiger partial charge in [-0.25, -0.2) is 0 Å². The standard InChI is InChI=1S/C20H11Cl2N3O4/c21-13-5-7-16(22)15(10-13)19-8-6-14(29-19)9-12(11-23)20(26)24-17-3-1-2-4-18(17)25(27)28/h1-10H,(H,24,26)/b12-9+. The van der Waals surface area contributed by atoms with E-state index in [9.17, 15) is 20.2 Å². The predicted octanol–water partition coefficient (Wildman–Crippen LogP) is 5.71. The second-order valence-corrected chi connectivity index (χ2v) is 6.57. The van der Waals surface area contributed by atoms with Gasteiger partial charge in [-0.15, -0.1) is 0 Å². The Morgan fingerprint density at radius 3 is 2.66 bits per heavy atom. The molecule has 2 aromatic carbocycles. The zero-order valence-electron chi connectivity index (χ0n) is 14.6. The summed E-state index contributed by atoms with van der Waals surface area (Å²) < 4.78 is 5.64. The summed E-state index contributed by atoms with van der Waals surface area (Å²) in [6.45, 7) is 0. The molecule has 29 heavy (non-hydrogen) atoms. The number of nitro benzene ring substituents is 1. The average molecular weight is 428 g/mol. The van der Waals surface area contributed by atoms with Gasteiger partial charge in [-0.1, -0.05) is 35.3 Å². The predicted molar refractivity (Wildman–Crippen MR) is 109 cm³/mol. The van der Waals surface area contributed by atoms with E-state index in [0.29, 0.717) is 21.4 Å². The van der Waals surface area contributed by atoms with Crippen LogP contribution < -0.4 is 5.32 Å². The van der Waals surface area contributed by atoms with Crippen molar-refractivity contribution in [3.63, 3.8) is 0 Å². The Morgan fingerprint density at radius 2 is 1.93 bits per heavy atom. The molecule has 0 aliphatic carbocycles. The second-order valence-electron chi connectivity index (χ2n) is 5.72. The molecule has 0 aliphatic heterocycles. The van der Waals surface area contributed by atoms with Crippen LogP contribution in [-0.4, -0.2) is 10.8 Å². The minimum Gasteiger partial charge on any atom is -0.457 e. The van der Waals surface area contributed by atoms with Gasteiger partial charge in [-0.3, -0.25) is 14.9 Å². The summed E-state index contributed by atoms with van der Waals surface area (Å²) >= 11 is 12.1. The van der Waals surface area contributed by atoms with E-state index >= 15 is 0 Å². The smallest absolute Gasteiger partial charge is 0.292 e. The molecule has 0 unspecified atom stereocenters. The summed E-state index contributed by atoms with van der Waals surface area (Å²) in [5.41, 5.74) is -0.0357. The molecule has 7 nitrogen and oxygen atoms in total. The first-order chi connectivity index (χ1) is 13.9. The molecule has 3 rings (SSSR count). The molecule has 0 atom stereocenters. The molecule has 0 spiro atoms. The summed E-state index contributed by atoms with van der Waals surface area (Å²) in [6, 6.07) is 15.5. The maximum atomic E-state index is 12.4. The zero-order valence-corrected chi connectivity index (χ0v) is 16.1. The van der Waals surface area contributed by atoms with Crippen molar-refractivity contribution in [2.45, 2.75) is 0 Å². The lowest BCUT2D eigenvalue weighted by Crippen LogP contribution is -2.14. The lowest BCUT2D eigenvalue weighted by atomic mass is 10.2. The average Bonchev–Trinajstić information content (AvgIpc) is 3.16. The normalized spacial score (nSPS) is 11.0. The van der Waals surface area contributed by atoms with Gasteiger partial charge in [0.2, 0.25) is 0 Å². The highest BCUT2D eigenvalue weighted by atomic mass is 35.5. The van der Waals surface area contributed by atoms with Crippen molar-refractivity contribution in [3.05, 3.63) is 86.1 Å². The molecule has 0 radical (unpaired) electrons. The molecule has 0 fully saturated rings. The zero-order chi connectivity index (χ0) is 21.0. The number of nitrogens with one attached hydrogen (secondary N) is 1. The van der Waals surface area contributed by atoms with Crippen LogP contribution in [0.25, 0.3) is 17.4 Å². The molecule has 1 N–H and O–H groups in total. The van der Waals surface area contributed by atoms with E-state index in [0.717, 1.165) is 0 Å². The van der Waals surface area contributed by atoms with Crippen molar-refractivity contribution in [3.8, 4) is 17.4 Å². The van der Waals surface area contributed by atoms with Crippen LogP contribution in [0.5, 0.6) is 0 Å². The highest BCUT2D eigenvalue weighted by Gasteiger charge is 2.18. The Labute approximate surface area is 174 Å². The molecule has 0 saturated carbocycles. The highest BCUT2D eigenvalue weighted by Crippen LogP contribution is 2.32. The number of benzene rings is 2. The number of nitro groups is 1. The lowest BCUT2D eigenvalue weighted by molar-refractivity contribution is -0.383. The van der Waals surface area contributed by atoms with Crippen molar-refractivity contribution in [2.24, 2.45) is 0 Å². The molecule has 0 bridgehead atoms. The molecule has 3 aromatic rings. The van der Waals surface area contributed by atoms with E-state index in [1.54, 1.807) is 36.4 Å². The number of furan rings is 1. The van der Waals surface area contributed by atoms with Crippen LogP contribution in [0, 0.1) is 21.4 Å². The number of hydrogen-bond donors (Lipinski definition) is 1. The van der Waals surface area contributed by atoms with E-state index in [-0.39, 0.29) is 22.7 Å². The molecular formula is C20H11Cl2N3O4. The van der Waals surface area contributed by atoms with E-state index in [1.807, 2.05) is 0 Å². The van der Waals surface area contributed by atoms with E-state index < -0.39 is 10.8 Å². The van der Waals surface area contributed by atoms with Crippen LogP contribution in [0.4, 0.5) is 11.4 Å². The fourth-order valence-electron chi connectivity index (χ4n) is 2.48. The van der Waals surface area contributed by atoms with Gasteiger partial charge < -0.3 is 9.73 Å². The Balaban J connectivity index is 1.87. The number of amides is 1. The lowest BCUT2D eigenvalue weighted by Gasteiger charge is -2.04. The number of para-hydroxylation sites is 2. The maximum absolute atomic E-state index is 12.4. The van der Waals surface area contributed by atoms with Crippen LogP contribution in [0.2, 0.25) is 10.0 Å². The summed E-state index contributed by atoms with van der Waals surface area (Å²) in [4.78, 5) is 22.8. The SMILES string of the molecule is N#C/C(=C\c1ccc(-c2cc(Cl)ccc2Cl)o1)C(=O)Nc1ccccc1[N+](=O)[O-]. The molecule has 1 amide bonds. The third-order valence-electron chi connectivity index (χ3n) is 3.82. The van der Waals surface area contributed by atoms with Gasteiger partial charge in [0.25, 0.3) is 11.6 Å². The van der Waals surface area contributed by atoms with Gasteiger partial charge in [0, 0.05) is 22.7 Å². The first kappa shape index (κ1) is 20.1. The Morgan fingerprint density at radius 1 is 1.17 bits per heavy atom. The van der Waals surface area contributed by atoms with Crippen LogP contribution in [0.15, 0.2) is 64.6 Å². The highest BCUT2D eigenvalue weighted by molar-refractivity contribution is 6.35. The summed E-state index contributed by atoms with van der Waals surface area (Å²) in [6.07, 6.45) is 1.23. The van der Waals surface area contributed by atoms with Gasteiger partial charge >= 0.3 is 0 Å². The molecule has 0 saturated heterocycles. The van der Waals surface area contributed by atoms with Gasteiger partial charge in [-0.2, -0.15) is 5.26 Å². The van der Waals surface area contributed by atoms with Crippen molar-refractivity contribution in [1.29, 1.82) is 5.26 Å². The van der Waals surface area contributed by atoms with Gasteiger partial charge in [0.05, 0.1) is 9.95 Å². The molecule has 144 valence electrons.